The predicted molar refractivity (Wildman–Crippen MR) is 115 cm³/mol. The van der Waals surface area contributed by atoms with E-state index in [0.717, 1.165) is 25.1 Å². The summed E-state index contributed by atoms with van der Waals surface area (Å²) >= 11 is 6.36. The molecular formula is C21H25ClN4O4. The van der Waals surface area contributed by atoms with Crippen LogP contribution in [0.2, 0.25) is 5.15 Å². The van der Waals surface area contributed by atoms with Gasteiger partial charge in [-0.3, -0.25) is 19.1 Å². The molecule has 0 spiro atoms. The van der Waals surface area contributed by atoms with E-state index in [0.29, 0.717) is 22.0 Å². The summed E-state index contributed by atoms with van der Waals surface area (Å²) in [7, 11) is 1.24. The largest absolute Gasteiger partial charge is 0.468 e. The SMILES string of the molecule is CCCCn1nc(C)c(/C=C/C(=O)Nc2ccc(C(=O)NCC(=O)OC)cc2)c1Cl. The maximum absolute atomic E-state index is 12.2. The van der Waals surface area contributed by atoms with Crippen LogP contribution in [0.25, 0.3) is 6.08 Å². The van der Waals surface area contributed by atoms with Crippen LogP contribution >= 0.6 is 11.6 Å². The molecule has 30 heavy (non-hydrogen) atoms. The second kappa shape index (κ2) is 11.2. The highest BCUT2D eigenvalue weighted by atomic mass is 35.5. The summed E-state index contributed by atoms with van der Waals surface area (Å²) in [5, 5.41) is 10.1. The number of halogens is 1. The number of hydrogen-bond donors (Lipinski definition) is 2. The average molecular weight is 433 g/mol. The average Bonchev–Trinajstić information content (AvgIpc) is 3.01. The van der Waals surface area contributed by atoms with Crippen molar-refractivity contribution in [2.45, 2.75) is 33.2 Å². The Labute approximate surface area is 180 Å². The van der Waals surface area contributed by atoms with Crippen LogP contribution in [0, 0.1) is 6.92 Å². The minimum atomic E-state index is -0.537. The molecule has 0 radical (unpaired) electrons. The summed E-state index contributed by atoms with van der Waals surface area (Å²) in [5.41, 5.74) is 2.34. The van der Waals surface area contributed by atoms with Gasteiger partial charge in [0, 0.05) is 29.4 Å². The van der Waals surface area contributed by atoms with E-state index in [-0.39, 0.29) is 12.5 Å². The number of unbranched alkanes of at least 4 members (excludes halogenated alkanes) is 1. The number of nitrogens with zero attached hydrogens (tertiary/aromatic N) is 2. The molecule has 160 valence electrons. The molecule has 0 fully saturated rings. The third-order valence-electron chi connectivity index (χ3n) is 4.27. The Morgan fingerprint density at radius 3 is 2.57 bits per heavy atom. The number of hydrogen-bond acceptors (Lipinski definition) is 5. The molecular weight excluding hydrogens is 408 g/mol. The number of ether oxygens (including phenoxy) is 1. The molecule has 0 aliphatic carbocycles. The molecule has 0 aliphatic heterocycles. The smallest absolute Gasteiger partial charge is 0.325 e. The fraction of sp³-hybridized carbons (Fsp3) is 0.333. The molecule has 2 N–H and O–H groups in total. The van der Waals surface area contributed by atoms with Gasteiger partial charge in [-0.25, -0.2) is 0 Å². The zero-order chi connectivity index (χ0) is 22.1. The Kier molecular flexibility index (Phi) is 8.61. The maximum Gasteiger partial charge on any atom is 0.325 e. The highest BCUT2D eigenvalue weighted by Crippen LogP contribution is 2.22. The highest BCUT2D eigenvalue weighted by molar-refractivity contribution is 6.31. The summed E-state index contributed by atoms with van der Waals surface area (Å²) in [6.07, 6.45) is 5.03. The van der Waals surface area contributed by atoms with Crippen LogP contribution in [0.4, 0.5) is 5.69 Å². The normalized spacial score (nSPS) is 10.8. The van der Waals surface area contributed by atoms with Gasteiger partial charge in [-0.15, -0.1) is 0 Å². The van der Waals surface area contributed by atoms with Gasteiger partial charge in [-0.05, 0) is 43.7 Å². The van der Waals surface area contributed by atoms with Crippen molar-refractivity contribution in [3.63, 3.8) is 0 Å². The van der Waals surface area contributed by atoms with Crippen LogP contribution in [0.5, 0.6) is 0 Å². The number of amides is 2. The predicted octanol–water partition coefficient (Wildman–Crippen LogP) is 3.20. The number of methoxy groups -OCH3 is 1. The van der Waals surface area contributed by atoms with Gasteiger partial charge < -0.3 is 15.4 Å². The summed E-state index contributed by atoms with van der Waals surface area (Å²) < 4.78 is 6.20. The Hall–Kier alpha value is -3.13. The minimum absolute atomic E-state index is 0.213. The number of nitrogens with one attached hydrogen (secondary N) is 2. The first-order chi connectivity index (χ1) is 14.3. The van der Waals surface area contributed by atoms with Gasteiger partial charge in [0.2, 0.25) is 5.91 Å². The number of aromatic nitrogens is 2. The van der Waals surface area contributed by atoms with Crippen molar-refractivity contribution in [3.05, 3.63) is 52.3 Å². The van der Waals surface area contributed by atoms with Gasteiger partial charge in [-0.1, -0.05) is 24.9 Å². The molecule has 1 aromatic heterocycles. The number of anilines is 1. The van der Waals surface area contributed by atoms with Crippen LogP contribution in [0.15, 0.2) is 30.3 Å². The number of benzene rings is 1. The lowest BCUT2D eigenvalue weighted by atomic mass is 10.2. The first-order valence-corrected chi connectivity index (χ1v) is 9.90. The molecule has 0 saturated heterocycles. The van der Waals surface area contributed by atoms with E-state index in [1.165, 1.54) is 13.2 Å². The summed E-state index contributed by atoms with van der Waals surface area (Å²) in [6.45, 7) is 4.46. The van der Waals surface area contributed by atoms with Crippen molar-refractivity contribution in [1.82, 2.24) is 15.1 Å². The lowest BCUT2D eigenvalue weighted by molar-refractivity contribution is -0.139. The molecule has 1 heterocycles. The van der Waals surface area contributed by atoms with E-state index in [1.807, 2.05) is 6.92 Å². The quantitative estimate of drug-likeness (QED) is 0.468. The zero-order valence-electron chi connectivity index (χ0n) is 17.2. The van der Waals surface area contributed by atoms with Crippen LogP contribution in [-0.2, 0) is 20.9 Å². The molecule has 0 aliphatic rings. The first kappa shape index (κ1) is 23.2. The summed E-state index contributed by atoms with van der Waals surface area (Å²) in [5.74, 6) is -1.29. The standard InChI is InChI=1S/C21H25ClN4O4/c1-4-5-12-26-20(22)17(14(2)25-26)10-11-18(27)24-16-8-6-15(7-9-16)21(29)23-13-19(28)30-3/h6-11H,4-5,12-13H2,1-3H3,(H,23,29)(H,24,27)/b11-10+. The van der Waals surface area contributed by atoms with Crippen molar-refractivity contribution in [2.24, 2.45) is 0 Å². The first-order valence-electron chi connectivity index (χ1n) is 9.52. The molecule has 0 saturated carbocycles. The molecule has 2 aromatic rings. The Balaban J connectivity index is 1.96. The van der Waals surface area contributed by atoms with Gasteiger partial charge in [0.25, 0.3) is 5.91 Å². The van der Waals surface area contributed by atoms with Gasteiger partial charge in [0.15, 0.2) is 0 Å². The van der Waals surface area contributed by atoms with Crippen molar-refractivity contribution < 1.29 is 19.1 Å². The molecule has 9 heteroatoms. The van der Waals surface area contributed by atoms with Gasteiger partial charge >= 0.3 is 5.97 Å². The highest BCUT2D eigenvalue weighted by Gasteiger charge is 2.11. The van der Waals surface area contributed by atoms with Crippen LogP contribution in [-0.4, -0.2) is 41.2 Å². The molecule has 0 atom stereocenters. The zero-order valence-corrected chi connectivity index (χ0v) is 18.0. The lowest BCUT2D eigenvalue weighted by Crippen LogP contribution is -2.30. The number of rotatable bonds is 9. The van der Waals surface area contributed by atoms with E-state index in [9.17, 15) is 14.4 Å². The van der Waals surface area contributed by atoms with Gasteiger partial charge in [0.05, 0.1) is 12.8 Å². The molecule has 2 amide bonds. The molecule has 1 aromatic carbocycles. The third kappa shape index (κ3) is 6.45. The van der Waals surface area contributed by atoms with Crippen LogP contribution in [0.3, 0.4) is 0 Å². The lowest BCUT2D eigenvalue weighted by Gasteiger charge is -2.06. The molecule has 0 bridgehead atoms. The second-order valence-electron chi connectivity index (χ2n) is 6.53. The number of carbonyl (C=O) groups excluding carboxylic acids is 3. The molecule has 2 rings (SSSR count). The summed E-state index contributed by atoms with van der Waals surface area (Å²) in [6, 6.07) is 6.29. The maximum atomic E-state index is 12.2. The second-order valence-corrected chi connectivity index (χ2v) is 6.88. The topological polar surface area (TPSA) is 102 Å². The van der Waals surface area contributed by atoms with E-state index in [1.54, 1.807) is 35.0 Å². The van der Waals surface area contributed by atoms with E-state index < -0.39 is 11.9 Å². The van der Waals surface area contributed by atoms with Crippen molar-refractivity contribution in [1.29, 1.82) is 0 Å². The Morgan fingerprint density at radius 2 is 1.93 bits per heavy atom. The van der Waals surface area contributed by atoms with E-state index >= 15 is 0 Å². The summed E-state index contributed by atoms with van der Waals surface area (Å²) in [4.78, 5) is 35.2. The van der Waals surface area contributed by atoms with E-state index in [2.05, 4.69) is 27.4 Å². The monoisotopic (exact) mass is 432 g/mol. The third-order valence-corrected chi connectivity index (χ3v) is 4.67. The van der Waals surface area contributed by atoms with Crippen molar-refractivity contribution in [2.75, 3.05) is 19.0 Å². The van der Waals surface area contributed by atoms with Crippen molar-refractivity contribution >= 4 is 41.1 Å². The fourth-order valence-corrected chi connectivity index (χ4v) is 2.91. The van der Waals surface area contributed by atoms with Crippen molar-refractivity contribution in [3.8, 4) is 0 Å². The number of aryl methyl sites for hydroxylation is 2. The Bertz CT molecular complexity index is 935. The number of carbonyl (C=O) groups is 3. The number of esters is 1. The van der Waals surface area contributed by atoms with Gasteiger partial charge in [0.1, 0.15) is 11.7 Å². The van der Waals surface area contributed by atoms with Crippen LogP contribution in [0.1, 0.15) is 41.4 Å². The van der Waals surface area contributed by atoms with E-state index in [4.69, 9.17) is 11.6 Å². The molecule has 0 unspecified atom stereocenters. The van der Waals surface area contributed by atoms with Gasteiger partial charge in [-0.2, -0.15) is 5.10 Å². The minimum Gasteiger partial charge on any atom is -0.468 e. The Morgan fingerprint density at radius 1 is 1.23 bits per heavy atom. The van der Waals surface area contributed by atoms with Crippen LogP contribution < -0.4 is 10.6 Å². The molecule has 8 nitrogen and oxygen atoms in total. The fourth-order valence-electron chi connectivity index (χ4n) is 2.59.